The maximum absolute atomic E-state index is 13.3. The van der Waals surface area contributed by atoms with Gasteiger partial charge in [-0.25, -0.2) is 14.6 Å². The molecule has 77 heavy (non-hydrogen) atoms. The summed E-state index contributed by atoms with van der Waals surface area (Å²) in [6, 6.07) is 25.2. The number of carbonyl (C=O) groups excluding carboxylic acids is 4. The summed E-state index contributed by atoms with van der Waals surface area (Å²) in [5.74, 6) is 0.832. The number of nitrogens with zero attached hydrogens (tertiary/aromatic N) is 3. The number of benzene rings is 4. The fourth-order valence-electron chi connectivity index (χ4n) is 9.56. The van der Waals surface area contributed by atoms with Gasteiger partial charge in [0.05, 0.1) is 30.0 Å². The van der Waals surface area contributed by atoms with Gasteiger partial charge in [0, 0.05) is 60.8 Å². The van der Waals surface area contributed by atoms with E-state index >= 15 is 0 Å². The van der Waals surface area contributed by atoms with Crippen LogP contribution in [0.4, 0.5) is 21.0 Å². The summed E-state index contributed by atoms with van der Waals surface area (Å²) in [5, 5.41) is 44.8. The van der Waals surface area contributed by atoms with E-state index in [0.29, 0.717) is 47.6 Å². The van der Waals surface area contributed by atoms with E-state index in [4.69, 9.17) is 18.6 Å². The molecule has 4 amide bonds. The Labute approximate surface area is 450 Å². The van der Waals surface area contributed by atoms with Gasteiger partial charge in [-0.05, 0) is 183 Å². The number of anilines is 2. The van der Waals surface area contributed by atoms with Crippen LogP contribution in [0.3, 0.4) is 0 Å². The standard InChI is InChI=1S/C32H40N4O6.C27H35N3O5/c1-20-29(41-19-34-20)18-40-26-12-11-21-15-27(36(17-23(21)14-26)31(39)42-32(2,3)4)28(37)16-33-30(38)22-7-5-10-25(13-22)35-24-8-6-9-24;1-27(2,3)35-26(34)30-16-19-13-22(31)11-10-17(19)14-23(30)24(32)15-28-25(33)18-6-4-9-21(12-18)29-20-7-5-8-20/h5,7,10-14,19,24,27-28,35,37H,6,8-9,15-18H2,1-4H3,(H,33,38);4,6,9-13,20,23-24,29,31-32H,5,7-8,14-16H2,1-3H3,(H,28,33)/t27-,28+;23-,24+/m00/s1. The minimum Gasteiger partial charge on any atom is -0.508 e. The van der Waals surface area contributed by atoms with Gasteiger partial charge in [-0.2, -0.15) is 0 Å². The molecule has 5 aromatic rings. The lowest BCUT2D eigenvalue weighted by atomic mass is 9.91. The first-order chi connectivity index (χ1) is 36.6. The topological polar surface area (TPSA) is 237 Å². The predicted octanol–water partition coefficient (Wildman–Crippen LogP) is 8.79. The molecule has 0 saturated heterocycles. The van der Waals surface area contributed by atoms with Crippen molar-refractivity contribution in [2.45, 2.75) is 167 Å². The number of nitrogens with one attached hydrogen (secondary N) is 4. The van der Waals surface area contributed by atoms with Crippen LogP contribution in [0.2, 0.25) is 0 Å². The van der Waals surface area contributed by atoms with Crippen molar-refractivity contribution in [2.75, 3.05) is 23.7 Å². The molecule has 2 fully saturated rings. The lowest BCUT2D eigenvalue weighted by molar-refractivity contribution is -0.0118. The van der Waals surface area contributed by atoms with Gasteiger partial charge >= 0.3 is 12.2 Å². The number of ether oxygens (including phenoxy) is 3. The molecule has 4 aliphatic rings. The van der Waals surface area contributed by atoms with Gasteiger partial charge in [0.25, 0.3) is 11.8 Å². The number of aliphatic hydroxyl groups is 2. The number of phenolic OH excluding ortho intramolecular Hbond substituents is 1. The summed E-state index contributed by atoms with van der Waals surface area (Å²) in [6.45, 7) is 13.3. The lowest BCUT2D eigenvalue weighted by Crippen LogP contribution is -2.54. The number of phenols is 1. The van der Waals surface area contributed by atoms with E-state index in [0.717, 1.165) is 65.0 Å². The molecule has 2 saturated carbocycles. The highest BCUT2D eigenvalue weighted by atomic mass is 16.6. The highest BCUT2D eigenvalue weighted by Crippen LogP contribution is 2.33. The Bertz CT molecular complexity index is 2870. The Hall–Kier alpha value is -7.31. The lowest BCUT2D eigenvalue weighted by Gasteiger charge is -2.40. The molecule has 1 aromatic heterocycles. The second-order valence-electron chi connectivity index (χ2n) is 22.6. The van der Waals surface area contributed by atoms with Crippen molar-refractivity contribution < 1.29 is 53.1 Å². The van der Waals surface area contributed by atoms with Gasteiger partial charge in [0.15, 0.2) is 12.2 Å². The van der Waals surface area contributed by atoms with Gasteiger partial charge in [0.2, 0.25) is 0 Å². The quantitative estimate of drug-likeness (QED) is 0.0519. The van der Waals surface area contributed by atoms with Crippen LogP contribution in [0.25, 0.3) is 0 Å². The molecule has 18 nitrogen and oxygen atoms in total. The average molecular weight is 1060 g/mol. The number of rotatable bonds is 15. The Balaban J connectivity index is 0.000000207. The van der Waals surface area contributed by atoms with E-state index in [1.807, 2.05) is 61.5 Å². The predicted molar refractivity (Wildman–Crippen MR) is 291 cm³/mol. The number of aliphatic hydroxyl groups excluding tert-OH is 2. The summed E-state index contributed by atoms with van der Waals surface area (Å²) >= 11 is 0. The third-order valence-electron chi connectivity index (χ3n) is 14.2. The van der Waals surface area contributed by atoms with E-state index in [-0.39, 0.29) is 50.3 Å². The maximum Gasteiger partial charge on any atom is 0.410 e. The van der Waals surface area contributed by atoms with Crippen molar-refractivity contribution in [3.8, 4) is 11.5 Å². The molecule has 4 aromatic carbocycles. The minimum atomic E-state index is -1.02. The van der Waals surface area contributed by atoms with Gasteiger partial charge in [-0.15, -0.1) is 0 Å². The fraction of sp³-hybridized carbons (Fsp3) is 0.475. The van der Waals surface area contributed by atoms with Crippen LogP contribution in [0.5, 0.6) is 11.5 Å². The molecule has 412 valence electrons. The first kappa shape index (κ1) is 55.9. The molecule has 2 aliphatic carbocycles. The van der Waals surface area contributed by atoms with Gasteiger partial charge < -0.3 is 55.2 Å². The fourth-order valence-corrected chi connectivity index (χ4v) is 9.56. The molecule has 4 atom stereocenters. The molecule has 9 rings (SSSR count). The number of aryl methyl sites for hydroxylation is 1. The van der Waals surface area contributed by atoms with Crippen molar-refractivity contribution in [2.24, 2.45) is 0 Å². The van der Waals surface area contributed by atoms with Gasteiger partial charge in [-0.1, -0.05) is 24.3 Å². The Morgan fingerprint density at radius 3 is 1.58 bits per heavy atom. The number of hydrogen-bond donors (Lipinski definition) is 7. The summed E-state index contributed by atoms with van der Waals surface area (Å²) in [4.78, 5) is 59.2. The molecule has 0 radical (unpaired) electrons. The first-order valence-electron chi connectivity index (χ1n) is 26.7. The summed E-state index contributed by atoms with van der Waals surface area (Å²) < 4.78 is 22.6. The van der Waals surface area contributed by atoms with E-state index in [1.165, 1.54) is 29.0 Å². The van der Waals surface area contributed by atoms with Crippen molar-refractivity contribution in [1.29, 1.82) is 0 Å². The maximum atomic E-state index is 13.3. The zero-order valence-electron chi connectivity index (χ0n) is 45.3. The first-order valence-corrected chi connectivity index (χ1v) is 26.7. The largest absolute Gasteiger partial charge is 0.508 e. The van der Waals surface area contributed by atoms with Crippen LogP contribution >= 0.6 is 0 Å². The molecule has 0 spiro atoms. The van der Waals surface area contributed by atoms with Crippen LogP contribution in [0, 0.1) is 6.92 Å². The van der Waals surface area contributed by atoms with E-state index in [9.17, 15) is 34.5 Å². The van der Waals surface area contributed by atoms with E-state index in [2.05, 4.69) is 26.3 Å². The van der Waals surface area contributed by atoms with Crippen molar-refractivity contribution in [3.05, 3.63) is 136 Å². The smallest absolute Gasteiger partial charge is 0.410 e. The number of hydrogen-bond acceptors (Lipinski definition) is 14. The Morgan fingerprint density at radius 2 is 1.14 bits per heavy atom. The van der Waals surface area contributed by atoms with Gasteiger partial charge in [-0.3, -0.25) is 19.4 Å². The number of amides is 4. The Kier molecular flexibility index (Phi) is 17.7. The monoisotopic (exact) mass is 1060 g/mol. The number of fused-ring (bicyclic) bond motifs is 2. The van der Waals surface area contributed by atoms with Crippen molar-refractivity contribution in [1.82, 2.24) is 25.4 Å². The summed E-state index contributed by atoms with van der Waals surface area (Å²) in [6.07, 6.45) is 6.07. The second-order valence-corrected chi connectivity index (χ2v) is 22.6. The number of carbonyl (C=O) groups is 4. The highest BCUT2D eigenvalue weighted by molar-refractivity contribution is 5.95. The molecule has 18 heteroatoms. The zero-order chi connectivity index (χ0) is 55.0. The normalized spacial score (nSPS) is 18.1. The van der Waals surface area contributed by atoms with Crippen LogP contribution < -0.4 is 26.0 Å². The number of aromatic nitrogens is 1. The number of oxazole rings is 1. The van der Waals surface area contributed by atoms with Crippen molar-refractivity contribution in [3.63, 3.8) is 0 Å². The van der Waals surface area contributed by atoms with Gasteiger partial charge in [0.1, 0.15) is 29.3 Å². The molecule has 0 unspecified atom stereocenters. The molecule has 2 aliphatic heterocycles. The second kappa shape index (κ2) is 24.3. The third kappa shape index (κ3) is 15.2. The van der Waals surface area contributed by atoms with E-state index in [1.54, 1.807) is 71.9 Å². The SMILES string of the molecule is CC(C)(C)OC(=O)N1Cc2cc(O)ccc2C[C@H]1[C@H](O)CNC(=O)c1cccc(NC2CCC2)c1.Cc1ncoc1COc1ccc2c(c1)CN(C(=O)OC(C)(C)C)[C@H]([C@H](O)CNC(=O)c1cccc(NC3CCC3)c1)C2. The molecule has 7 N–H and O–H groups in total. The number of aromatic hydroxyl groups is 1. The Morgan fingerprint density at radius 1 is 0.662 bits per heavy atom. The highest BCUT2D eigenvalue weighted by Gasteiger charge is 2.39. The van der Waals surface area contributed by atoms with Crippen LogP contribution in [0.15, 0.2) is 95.7 Å². The molecule has 3 heterocycles. The third-order valence-corrected chi connectivity index (χ3v) is 14.2. The summed E-state index contributed by atoms with van der Waals surface area (Å²) in [5.41, 5.74) is 5.83. The van der Waals surface area contributed by atoms with Crippen molar-refractivity contribution >= 4 is 35.4 Å². The van der Waals surface area contributed by atoms with Crippen LogP contribution in [0.1, 0.15) is 134 Å². The van der Waals surface area contributed by atoms with E-state index < -0.39 is 47.7 Å². The summed E-state index contributed by atoms with van der Waals surface area (Å²) in [7, 11) is 0. The zero-order valence-corrected chi connectivity index (χ0v) is 45.3. The molecular weight excluding hydrogens is 983 g/mol. The van der Waals surface area contributed by atoms with Crippen LogP contribution in [-0.4, -0.2) is 115 Å². The minimum absolute atomic E-state index is 0.0174. The average Bonchev–Trinajstić information content (AvgIpc) is 3.78. The molecular formula is C59H75N7O11. The van der Waals surface area contributed by atoms with Crippen LogP contribution in [-0.2, 0) is 42.0 Å². The molecule has 0 bridgehead atoms.